The average Bonchev–Trinajstić information content (AvgIpc) is 1.82. The SMILES string of the molecule is CNC(CC(N)=O)CC(C)(C)C. The van der Waals surface area contributed by atoms with E-state index < -0.39 is 0 Å². The molecule has 0 fully saturated rings. The fraction of sp³-hybridized carbons (Fsp3) is 0.889. The van der Waals surface area contributed by atoms with Crippen molar-refractivity contribution in [1.82, 2.24) is 5.32 Å². The molecule has 3 heteroatoms. The molecule has 0 aromatic carbocycles. The van der Waals surface area contributed by atoms with Crippen LogP contribution in [0.15, 0.2) is 0 Å². The average molecular weight is 172 g/mol. The Labute approximate surface area is 74.7 Å². The molecule has 0 spiro atoms. The predicted octanol–water partition coefficient (Wildman–Crippen LogP) is 0.886. The van der Waals surface area contributed by atoms with Crippen LogP contribution < -0.4 is 11.1 Å². The molecule has 0 radical (unpaired) electrons. The summed E-state index contributed by atoms with van der Waals surface area (Å²) in [5.74, 6) is -0.237. The molecule has 1 amide bonds. The predicted molar refractivity (Wildman–Crippen MR) is 50.7 cm³/mol. The Morgan fingerprint density at radius 3 is 2.25 bits per heavy atom. The van der Waals surface area contributed by atoms with Crippen molar-refractivity contribution in [3.8, 4) is 0 Å². The fourth-order valence-electron chi connectivity index (χ4n) is 1.26. The summed E-state index contributed by atoms with van der Waals surface area (Å²) in [7, 11) is 1.86. The Kier molecular flexibility index (Phi) is 4.24. The summed E-state index contributed by atoms with van der Waals surface area (Å²) in [6.45, 7) is 6.45. The summed E-state index contributed by atoms with van der Waals surface area (Å²) in [5, 5.41) is 3.09. The van der Waals surface area contributed by atoms with Gasteiger partial charge in [-0.05, 0) is 18.9 Å². The van der Waals surface area contributed by atoms with Crippen molar-refractivity contribution in [3.05, 3.63) is 0 Å². The van der Waals surface area contributed by atoms with E-state index in [1.165, 1.54) is 0 Å². The molecule has 0 heterocycles. The smallest absolute Gasteiger partial charge is 0.218 e. The van der Waals surface area contributed by atoms with Gasteiger partial charge in [0.1, 0.15) is 0 Å². The molecule has 1 unspecified atom stereocenters. The fourth-order valence-corrected chi connectivity index (χ4v) is 1.26. The minimum absolute atomic E-state index is 0.211. The standard InChI is InChI=1S/C9H20N2O/c1-9(2,3)6-7(11-4)5-8(10)12/h7,11H,5-6H2,1-4H3,(H2,10,12). The maximum Gasteiger partial charge on any atom is 0.218 e. The summed E-state index contributed by atoms with van der Waals surface area (Å²) in [5.41, 5.74) is 5.35. The largest absolute Gasteiger partial charge is 0.370 e. The van der Waals surface area contributed by atoms with E-state index in [1.54, 1.807) is 0 Å². The van der Waals surface area contributed by atoms with E-state index in [2.05, 4.69) is 26.1 Å². The first-order valence-electron chi connectivity index (χ1n) is 4.31. The Bertz CT molecular complexity index is 149. The number of rotatable bonds is 4. The molecule has 0 aromatic rings. The Hall–Kier alpha value is -0.570. The summed E-state index contributed by atoms with van der Waals surface area (Å²) in [6, 6.07) is 0.211. The summed E-state index contributed by atoms with van der Waals surface area (Å²) < 4.78 is 0. The van der Waals surface area contributed by atoms with E-state index in [9.17, 15) is 4.79 Å². The van der Waals surface area contributed by atoms with Gasteiger partial charge < -0.3 is 11.1 Å². The van der Waals surface area contributed by atoms with Gasteiger partial charge in [-0.2, -0.15) is 0 Å². The van der Waals surface area contributed by atoms with Gasteiger partial charge in [0.25, 0.3) is 0 Å². The second-order valence-electron chi connectivity index (χ2n) is 4.42. The van der Waals surface area contributed by atoms with Gasteiger partial charge in [0.2, 0.25) is 5.91 Å². The number of carbonyl (C=O) groups is 1. The van der Waals surface area contributed by atoms with E-state index in [0.717, 1.165) is 6.42 Å². The minimum atomic E-state index is -0.237. The van der Waals surface area contributed by atoms with Crippen molar-refractivity contribution in [2.24, 2.45) is 11.1 Å². The van der Waals surface area contributed by atoms with Crippen molar-refractivity contribution in [2.75, 3.05) is 7.05 Å². The molecule has 3 nitrogen and oxygen atoms in total. The summed E-state index contributed by atoms with van der Waals surface area (Å²) in [4.78, 5) is 10.6. The molecule has 0 aromatic heterocycles. The normalized spacial score (nSPS) is 14.3. The lowest BCUT2D eigenvalue weighted by atomic mass is 9.87. The highest BCUT2D eigenvalue weighted by Gasteiger charge is 2.18. The molecule has 0 saturated heterocycles. The lowest BCUT2D eigenvalue weighted by molar-refractivity contribution is -0.118. The number of hydrogen-bond donors (Lipinski definition) is 2. The second-order valence-corrected chi connectivity index (χ2v) is 4.42. The zero-order valence-corrected chi connectivity index (χ0v) is 8.48. The topological polar surface area (TPSA) is 55.1 Å². The van der Waals surface area contributed by atoms with Gasteiger partial charge in [-0.25, -0.2) is 0 Å². The number of carbonyl (C=O) groups excluding carboxylic acids is 1. The Morgan fingerprint density at radius 2 is 2.00 bits per heavy atom. The van der Waals surface area contributed by atoms with Crippen molar-refractivity contribution >= 4 is 5.91 Å². The Morgan fingerprint density at radius 1 is 1.50 bits per heavy atom. The van der Waals surface area contributed by atoms with E-state index in [1.807, 2.05) is 7.05 Å². The monoisotopic (exact) mass is 172 g/mol. The molecule has 0 aliphatic rings. The summed E-state index contributed by atoms with van der Waals surface area (Å²) >= 11 is 0. The molecule has 12 heavy (non-hydrogen) atoms. The van der Waals surface area contributed by atoms with Gasteiger partial charge in [-0.1, -0.05) is 20.8 Å². The third-order valence-corrected chi connectivity index (χ3v) is 1.71. The zero-order chi connectivity index (χ0) is 9.78. The lowest BCUT2D eigenvalue weighted by Crippen LogP contribution is -2.34. The molecular weight excluding hydrogens is 152 g/mol. The van der Waals surface area contributed by atoms with Gasteiger partial charge in [0.15, 0.2) is 0 Å². The minimum Gasteiger partial charge on any atom is -0.370 e. The maximum absolute atomic E-state index is 10.6. The summed E-state index contributed by atoms with van der Waals surface area (Å²) in [6.07, 6.45) is 1.39. The second kappa shape index (κ2) is 4.45. The highest BCUT2D eigenvalue weighted by Crippen LogP contribution is 2.21. The van der Waals surface area contributed by atoms with Gasteiger partial charge in [0, 0.05) is 12.5 Å². The number of amides is 1. The van der Waals surface area contributed by atoms with Crippen LogP contribution in [0.2, 0.25) is 0 Å². The first-order chi connectivity index (χ1) is 5.35. The van der Waals surface area contributed by atoms with Crippen molar-refractivity contribution in [3.63, 3.8) is 0 Å². The molecule has 0 bridgehead atoms. The van der Waals surface area contributed by atoms with Crippen molar-refractivity contribution < 1.29 is 4.79 Å². The molecule has 0 saturated carbocycles. The van der Waals surface area contributed by atoms with Crippen LogP contribution in [0.1, 0.15) is 33.6 Å². The van der Waals surface area contributed by atoms with Gasteiger partial charge in [0.05, 0.1) is 0 Å². The van der Waals surface area contributed by atoms with Crippen molar-refractivity contribution in [2.45, 2.75) is 39.7 Å². The van der Waals surface area contributed by atoms with E-state index in [-0.39, 0.29) is 17.4 Å². The number of nitrogens with one attached hydrogen (secondary N) is 1. The van der Waals surface area contributed by atoms with Gasteiger partial charge in [-0.3, -0.25) is 4.79 Å². The highest BCUT2D eigenvalue weighted by molar-refractivity contribution is 5.74. The molecule has 0 aliphatic heterocycles. The van der Waals surface area contributed by atoms with E-state index in [4.69, 9.17) is 5.73 Å². The third kappa shape index (κ3) is 6.16. The van der Waals surface area contributed by atoms with Crippen LogP contribution in [-0.2, 0) is 4.79 Å². The third-order valence-electron chi connectivity index (χ3n) is 1.71. The molecular formula is C9H20N2O. The number of hydrogen-bond acceptors (Lipinski definition) is 2. The van der Waals surface area contributed by atoms with Crippen LogP contribution in [0.25, 0.3) is 0 Å². The zero-order valence-electron chi connectivity index (χ0n) is 8.48. The van der Waals surface area contributed by atoms with Crippen LogP contribution in [0.3, 0.4) is 0 Å². The molecule has 0 aliphatic carbocycles. The van der Waals surface area contributed by atoms with E-state index >= 15 is 0 Å². The number of primary amides is 1. The van der Waals surface area contributed by atoms with Gasteiger partial charge in [-0.15, -0.1) is 0 Å². The van der Waals surface area contributed by atoms with Gasteiger partial charge >= 0.3 is 0 Å². The molecule has 3 N–H and O–H groups in total. The lowest BCUT2D eigenvalue weighted by Gasteiger charge is -2.24. The molecule has 72 valence electrons. The first kappa shape index (κ1) is 11.4. The molecule has 1 atom stereocenters. The number of nitrogens with two attached hydrogens (primary N) is 1. The van der Waals surface area contributed by atoms with Crippen LogP contribution in [0.4, 0.5) is 0 Å². The van der Waals surface area contributed by atoms with Crippen molar-refractivity contribution in [1.29, 1.82) is 0 Å². The Balaban J connectivity index is 3.92. The maximum atomic E-state index is 10.6. The van der Waals surface area contributed by atoms with E-state index in [0.29, 0.717) is 6.42 Å². The quantitative estimate of drug-likeness (QED) is 0.661. The first-order valence-corrected chi connectivity index (χ1v) is 4.31. The molecule has 0 rings (SSSR count). The highest BCUT2D eigenvalue weighted by atomic mass is 16.1. The van der Waals surface area contributed by atoms with Crippen LogP contribution in [0, 0.1) is 5.41 Å². The van der Waals surface area contributed by atoms with Crippen LogP contribution in [-0.4, -0.2) is 19.0 Å². The van der Waals surface area contributed by atoms with Crippen LogP contribution >= 0.6 is 0 Å². The van der Waals surface area contributed by atoms with Crippen LogP contribution in [0.5, 0.6) is 0 Å².